The molecule has 1 fully saturated rings. The van der Waals surface area contributed by atoms with Crippen LogP contribution < -0.4 is 19.8 Å². The van der Waals surface area contributed by atoms with Crippen LogP contribution in [0.2, 0.25) is 0 Å². The second-order valence-corrected chi connectivity index (χ2v) is 13.7. The smallest absolute Gasteiger partial charge is 0.383 e. The summed E-state index contributed by atoms with van der Waals surface area (Å²) < 4.78 is 57.0. The summed E-state index contributed by atoms with van der Waals surface area (Å²) in [6, 6.07) is 44.1. The third-order valence-corrected chi connectivity index (χ3v) is 9.42. The van der Waals surface area contributed by atoms with Gasteiger partial charge in [0.15, 0.2) is 5.75 Å². The molecule has 0 radical (unpaired) electrons. The van der Waals surface area contributed by atoms with Gasteiger partial charge in [0.25, 0.3) is 5.75 Å². The lowest BCUT2D eigenvalue weighted by Gasteiger charge is -2.45. The molecule has 7 rings (SSSR count). The van der Waals surface area contributed by atoms with Crippen molar-refractivity contribution in [1.29, 1.82) is 0 Å². The molecule has 11 heteroatoms. The lowest BCUT2D eigenvalue weighted by molar-refractivity contribution is -0.310. The zero-order valence-electron chi connectivity index (χ0n) is 32.4. The van der Waals surface area contributed by atoms with Gasteiger partial charge in [-0.1, -0.05) is 121 Å². The van der Waals surface area contributed by atoms with Crippen LogP contribution >= 0.6 is 0 Å². The lowest BCUT2D eigenvalue weighted by Crippen LogP contribution is -2.62. The van der Waals surface area contributed by atoms with Gasteiger partial charge in [0.05, 0.1) is 45.0 Å². The van der Waals surface area contributed by atoms with Gasteiger partial charge in [-0.2, -0.15) is 0 Å². The number of benzene rings is 5. The van der Waals surface area contributed by atoms with Crippen LogP contribution in [0.25, 0.3) is 11.0 Å². The van der Waals surface area contributed by atoms with Gasteiger partial charge in [0.2, 0.25) is 6.29 Å². The minimum atomic E-state index is -1.25. The quantitative estimate of drug-likeness (QED) is 0.0620. The summed E-state index contributed by atoms with van der Waals surface area (Å²) in [5, 5.41) is 0.339. The molecule has 0 unspecified atom stereocenters. The predicted octanol–water partition coefficient (Wildman–Crippen LogP) is 8.19. The summed E-state index contributed by atoms with van der Waals surface area (Å²) in [6.45, 7) is 4.44. The van der Waals surface area contributed by atoms with Crippen molar-refractivity contribution in [2.45, 2.75) is 71.0 Å². The summed E-state index contributed by atoms with van der Waals surface area (Å²) in [6.07, 6.45) is -4.55. The maximum absolute atomic E-state index is 13.5. The Balaban J connectivity index is 1.31. The first-order chi connectivity index (χ1) is 28.4. The van der Waals surface area contributed by atoms with Gasteiger partial charge in [-0.05, 0) is 41.3 Å². The highest BCUT2D eigenvalue weighted by Crippen LogP contribution is 2.39. The van der Waals surface area contributed by atoms with Crippen molar-refractivity contribution < 1.29 is 47.1 Å². The topological polar surface area (TPSA) is 121 Å². The number of hydrogen-bond donors (Lipinski definition) is 0. The Bertz CT molecular complexity index is 2250. The number of carbonyl (C=O) groups is 1. The molecule has 58 heavy (non-hydrogen) atoms. The van der Waals surface area contributed by atoms with Crippen LogP contribution in [-0.2, 0) is 54.9 Å². The fourth-order valence-corrected chi connectivity index (χ4v) is 6.70. The van der Waals surface area contributed by atoms with Crippen molar-refractivity contribution in [3.8, 4) is 17.2 Å². The Morgan fingerprint density at radius 2 is 1.14 bits per heavy atom. The Labute approximate surface area is 336 Å². The molecule has 0 spiro atoms. The SMILES string of the molecule is CCOc1ccc2c(O[C@H]3O[C@H](COCc4ccccc4)[C@@H](OCc4ccccc4)[C@H](OCc4ccccc4)[C@@H]3OCc3ccccc3)c(OC(C)=O)c(=O)oc2c1. The van der Waals surface area contributed by atoms with Crippen LogP contribution in [0, 0.1) is 0 Å². The molecule has 5 aromatic carbocycles. The van der Waals surface area contributed by atoms with Crippen molar-refractivity contribution in [3.05, 3.63) is 172 Å². The zero-order valence-corrected chi connectivity index (χ0v) is 32.4. The molecule has 0 saturated carbocycles. The molecule has 0 N–H and O–H groups in total. The Kier molecular flexibility index (Phi) is 14.0. The van der Waals surface area contributed by atoms with E-state index in [-0.39, 0.29) is 37.8 Å². The molecule has 11 nitrogen and oxygen atoms in total. The fourth-order valence-electron chi connectivity index (χ4n) is 6.70. The van der Waals surface area contributed by atoms with E-state index in [4.69, 9.17) is 42.3 Å². The Hall–Kier alpha value is -5.82. The van der Waals surface area contributed by atoms with E-state index < -0.39 is 48.1 Å². The Morgan fingerprint density at radius 3 is 1.67 bits per heavy atom. The number of ether oxygens (including phenoxy) is 8. The first-order valence-corrected chi connectivity index (χ1v) is 19.3. The van der Waals surface area contributed by atoms with Crippen LogP contribution in [0.1, 0.15) is 36.1 Å². The maximum atomic E-state index is 13.5. The molecule has 0 amide bonds. The van der Waals surface area contributed by atoms with Crippen LogP contribution in [0.4, 0.5) is 0 Å². The van der Waals surface area contributed by atoms with Crippen LogP contribution in [-0.4, -0.2) is 49.9 Å². The molecule has 1 aromatic heterocycles. The fraction of sp³-hybridized carbons (Fsp3) is 0.277. The number of fused-ring (bicyclic) bond motifs is 1. The number of hydrogen-bond acceptors (Lipinski definition) is 11. The molecule has 5 atom stereocenters. The summed E-state index contributed by atoms with van der Waals surface area (Å²) in [7, 11) is 0. The van der Waals surface area contributed by atoms with Gasteiger partial charge >= 0.3 is 11.6 Å². The third-order valence-electron chi connectivity index (χ3n) is 9.42. The van der Waals surface area contributed by atoms with Crippen LogP contribution in [0.15, 0.2) is 149 Å². The van der Waals surface area contributed by atoms with E-state index in [1.807, 2.05) is 128 Å². The van der Waals surface area contributed by atoms with E-state index in [9.17, 15) is 9.59 Å². The van der Waals surface area contributed by atoms with Gasteiger partial charge in [-0.25, -0.2) is 4.79 Å². The molecule has 0 aliphatic carbocycles. The minimum absolute atomic E-state index is 0.0720. The monoisotopic (exact) mass is 786 g/mol. The van der Waals surface area contributed by atoms with Crippen molar-refractivity contribution in [1.82, 2.24) is 0 Å². The first kappa shape index (κ1) is 40.4. The van der Waals surface area contributed by atoms with E-state index in [0.29, 0.717) is 24.3 Å². The highest BCUT2D eigenvalue weighted by Gasteiger charge is 2.50. The molecule has 300 valence electrons. The zero-order chi connectivity index (χ0) is 40.1. The van der Waals surface area contributed by atoms with E-state index in [1.54, 1.807) is 18.2 Å². The van der Waals surface area contributed by atoms with Crippen LogP contribution in [0.5, 0.6) is 17.2 Å². The van der Waals surface area contributed by atoms with Gasteiger partial charge in [0.1, 0.15) is 35.7 Å². The van der Waals surface area contributed by atoms with Crippen molar-refractivity contribution >= 4 is 16.9 Å². The normalized spacial score (nSPS) is 19.1. The van der Waals surface area contributed by atoms with Gasteiger partial charge in [-0.15, -0.1) is 0 Å². The van der Waals surface area contributed by atoms with Crippen LogP contribution in [0.3, 0.4) is 0 Å². The number of rotatable bonds is 18. The van der Waals surface area contributed by atoms with Gasteiger partial charge in [-0.3, -0.25) is 4.79 Å². The highest BCUT2D eigenvalue weighted by atomic mass is 16.7. The van der Waals surface area contributed by atoms with Crippen molar-refractivity contribution in [2.75, 3.05) is 13.2 Å². The van der Waals surface area contributed by atoms with Crippen molar-refractivity contribution in [3.63, 3.8) is 0 Å². The van der Waals surface area contributed by atoms with E-state index in [1.165, 1.54) is 6.92 Å². The van der Waals surface area contributed by atoms with Gasteiger partial charge < -0.3 is 42.3 Å². The van der Waals surface area contributed by atoms with E-state index in [0.717, 1.165) is 22.3 Å². The minimum Gasteiger partial charge on any atom is -0.494 e. The molecule has 6 aromatic rings. The molecule has 1 aliphatic rings. The standard InChI is InChI=1S/C47H46O11/c1-3-51-37-24-25-38-39(26-37)56-46(49)44(55-32(2)48)41(38)58-47-45(54-30-36-22-14-7-15-23-36)43(53-29-35-20-12-6-13-21-35)42(52-28-34-18-10-5-11-19-34)40(57-47)31-50-27-33-16-8-4-9-17-33/h4-26,40,42-43,45,47H,3,27-31H2,1-2H3/t40-,42-,43+,45+,47-/m1/s1. The summed E-state index contributed by atoms with van der Waals surface area (Å²) in [4.78, 5) is 25.9. The largest absolute Gasteiger partial charge is 0.494 e. The second kappa shape index (κ2) is 20.0. The van der Waals surface area contributed by atoms with E-state index >= 15 is 0 Å². The molecule has 2 heterocycles. The predicted molar refractivity (Wildman–Crippen MR) is 215 cm³/mol. The molecular formula is C47H46O11. The number of esters is 1. The summed E-state index contributed by atoms with van der Waals surface area (Å²) >= 11 is 0. The molecular weight excluding hydrogens is 741 g/mol. The molecule has 1 saturated heterocycles. The third kappa shape index (κ3) is 10.6. The molecule has 0 bridgehead atoms. The summed E-state index contributed by atoms with van der Waals surface area (Å²) in [5.41, 5.74) is 2.99. The maximum Gasteiger partial charge on any atom is 0.383 e. The average molecular weight is 787 g/mol. The summed E-state index contributed by atoms with van der Waals surface area (Å²) in [5.74, 6) is -0.770. The second-order valence-electron chi connectivity index (χ2n) is 13.7. The molecule has 1 aliphatic heterocycles. The average Bonchev–Trinajstić information content (AvgIpc) is 3.24. The van der Waals surface area contributed by atoms with Gasteiger partial charge in [0, 0.05) is 13.0 Å². The number of carbonyl (C=O) groups excluding carboxylic acids is 1. The Morgan fingerprint density at radius 1 is 0.621 bits per heavy atom. The highest BCUT2D eigenvalue weighted by molar-refractivity contribution is 5.87. The first-order valence-electron chi connectivity index (χ1n) is 19.3. The van der Waals surface area contributed by atoms with E-state index in [2.05, 4.69) is 0 Å². The lowest BCUT2D eigenvalue weighted by atomic mass is 9.97. The van der Waals surface area contributed by atoms with Crippen molar-refractivity contribution in [2.24, 2.45) is 0 Å².